The summed E-state index contributed by atoms with van der Waals surface area (Å²) in [6.45, 7) is 0. The number of aliphatic hydroxyl groups excluding tert-OH is 1. The Morgan fingerprint density at radius 3 is 2.57 bits per heavy atom. The molecule has 4 rings (SSSR count). The number of halogens is 1. The van der Waals surface area contributed by atoms with E-state index in [9.17, 15) is 19.8 Å². The Bertz CT molecular complexity index is 1170. The van der Waals surface area contributed by atoms with Crippen molar-refractivity contribution in [2.45, 2.75) is 6.04 Å². The summed E-state index contributed by atoms with van der Waals surface area (Å²) in [5.41, 5.74) is 0.397. The van der Waals surface area contributed by atoms with Gasteiger partial charge in [0.1, 0.15) is 23.3 Å². The average molecular weight is 442 g/mol. The van der Waals surface area contributed by atoms with Crippen LogP contribution in [0, 0.1) is 0 Å². The molecular formula is C22H16ClNO5S. The number of benzene rings is 2. The highest BCUT2D eigenvalue weighted by molar-refractivity contribution is 7.10. The van der Waals surface area contributed by atoms with Gasteiger partial charge in [0.25, 0.3) is 11.7 Å². The number of carbonyl (C=O) groups excluding carboxylic acids is 2. The van der Waals surface area contributed by atoms with Crippen LogP contribution in [-0.2, 0) is 9.59 Å². The van der Waals surface area contributed by atoms with E-state index in [2.05, 4.69) is 0 Å². The number of hydrogen-bond acceptors (Lipinski definition) is 6. The number of para-hydroxylation sites is 2. The number of phenolic OH excluding ortho intramolecular Hbond substituents is 1. The third kappa shape index (κ3) is 3.22. The van der Waals surface area contributed by atoms with Crippen molar-refractivity contribution in [3.05, 3.63) is 81.0 Å². The van der Waals surface area contributed by atoms with Crippen LogP contribution < -0.4 is 9.64 Å². The van der Waals surface area contributed by atoms with Gasteiger partial charge in [0.05, 0.1) is 23.4 Å². The van der Waals surface area contributed by atoms with Gasteiger partial charge < -0.3 is 14.9 Å². The predicted molar refractivity (Wildman–Crippen MR) is 115 cm³/mol. The molecule has 0 aliphatic carbocycles. The standard InChI is InChI=1S/C22H16ClNO5S/c1-29-16-11-12(8-9-13(16)23)20(26)18-19(17-7-4-10-30-17)24(22(28)21(18)27)14-5-2-3-6-15(14)25/h2-11,19,25-26H,1H3/b20-18-. The molecule has 1 saturated heterocycles. The van der Waals surface area contributed by atoms with Crippen LogP contribution in [0.5, 0.6) is 11.5 Å². The predicted octanol–water partition coefficient (Wildman–Crippen LogP) is 4.74. The third-order valence-electron chi connectivity index (χ3n) is 4.82. The molecule has 6 nitrogen and oxygen atoms in total. The van der Waals surface area contributed by atoms with Crippen molar-refractivity contribution >= 4 is 46.1 Å². The summed E-state index contributed by atoms with van der Waals surface area (Å²) in [5.74, 6) is -1.85. The number of ether oxygens (including phenoxy) is 1. The number of aromatic hydroxyl groups is 1. The summed E-state index contributed by atoms with van der Waals surface area (Å²) in [4.78, 5) is 27.8. The summed E-state index contributed by atoms with van der Waals surface area (Å²) in [5, 5.41) is 23.5. The molecule has 1 amide bonds. The van der Waals surface area contributed by atoms with Crippen LogP contribution >= 0.6 is 22.9 Å². The van der Waals surface area contributed by atoms with E-state index in [1.54, 1.807) is 36.4 Å². The summed E-state index contributed by atoms with van der Waals surface area (Å²) in [6, 6.07) is 13.5. The van der Waals surface area contributed by atoms with Crippen LogP contribution in [0.3, 0.4) is 0 Å². The first-order valence-electron chi connectivity index (χ1n) is 8.90. The van der Waals surface area contributed by atoms with Gasteiger partial charge in [0, 0.05) is 10.4 Å². The van der Waals surface area contributed by atoms with Crippen molar-refractivity contribution in [1.82, 2.24) is 0 Å². The van der Waals surface area contributed by atoms with Gasteiger partial charge in [-0.1, -0.05) is 29.8 Å². The number of hydrogen-bond donors (Lipinski definition) is 2. The molecule has 2 heterocycles. The number of thiophene rings is 1. The largest absolute Gasteiger partial charge is 0.507 e. The van der Waals surface area contributed by atoms with Crippen molar-refractivity contribution in [3.8, 4) is 11.5 Å². The molecule has 3 aromatic rings. The number of Topliss-reactive ketones (excluding diaryl/α,β-unsaturated/α-hetero) is 1. The van der Waals surface area contributed by atoms with Gasteiger partial charge in [-0.15, -0.1) is 11.3 Å². The fourth-order valence-corrected chi connectivity index (χ4v) is 4.45. The van der Waals surface area contributed by atoms with Crippen LogP contribution in [0.4, 0.5) is 5.69 Å². The molecule has 2 aromatic carbocycles. The number of rotatable bonds is 4. The lowest BCUT2D eigenvalue weighted by Gasteiger charge is -2.24. The number of nitrogens with zero attached hydrogens (tertiary/aromatic N) is 1. The first-order valence-corrected chi connectivity index (χ1v) is 10.2. The van der Waals surface area contributed by atoms with Gasteiger partial charge in [-0.25, -0.2) is 0 Å². The van der Waals surface area contributed by atoms with Gasteiger partial charge >= 0.3 is 0 Å². The van der Waals surface area contributed by atoms with Gasteiger partial charge in [0.15, 0.2) is 0 Å². The van der Waals surface area contributed by atoms with Crippen LogP contribution in [0.15, 0.2) is 65.6 Å². The van der Waals surface area contributed by atoms with Crippen LogP contribution in [0.1, 0.15) is 16.5 Å². The lowest BCUT2D eigenvalue weighted by atomic mass is 9.99. The molecule has 0 bridgehead atoms. The minimum Gasteiger partial charge on any atom is -0.507 e. The normalized spacial score (nSPS) is 18.1. The summed E-state index contributed by atoms with van der Waals surface area (Å²) in [7, 11) is 1.44. The monoisotopic (exact) mass is 441 g/mol. The number of anilines is 1. The fourth-order valence-electron chi connectivity index (χ4n) is 3.43. The Balaban J connectivity index is 1.94. The van der Waals surface area contributed by atoms with Crippen LogP contribution in [0.2, 0.25) is 5.02 Å². The Hall–Kier alpha value is -3.29. The highest BCUT2D eigenvalue weighted by Gasteiger charge is 2.48. The molecule has 2 N–H and O–H groups in total. The van der Waals surface area contributed by atoms with Gasteiger partial charge in [-0.2, -0.15) is 0 Å². The number of amides is 1. The Kier molecular flexibility index (Phi) is 5.24. The topological polar surface area (TPSA) is 87.1 Å². The molecule has 30 heavy (non-hydrogen) atoms. The maximum Gasteiger partial charge on any atom is 0.300 e. The molecular weight excluding hydrogens is 426 g/mol. The van der Waals surface area contributed by atoms with Crippen LogP contribution in [-0.4, -0.2) is 29.0 Å². The Labute approximate surface area is 181 Å². The quantitative estimate of drug-likeness (QED) is 0.347. The summed E-state index contributed by atoms with van der Waals surface area (Å²) >= 11 is 7.40. The first-order chi connectivity index (χ1) is 14.4. The molecule has 0 spiro atoms. The molecule has 0 radical (unpaired) electrons. The summed E-state index contributed by atoms with van der Waals surface area (Å²) < 4.78 is 5.19. The third-order valence-corrected chi connectivity index (χ3v) is 6.06. The van der Waals surface area contributed by atoms with E-state index >= 15 is 0 Å². The van der Waals surface area contributed by atoms with Crippen molar-refractivity contribution in [3.63, 3.8) is 0 Å². The molecule has 1 fully saturated rings. The fraction of sp³-hybridized carbons (Fsp3) is 0.0909. The average Bonchev–Trinajstić information content (AvgIpc) is 3.36. The number of phenols is 1. The van der Waals surface area contributed by atoms with Gasteiger partial charge in [-0.05, 0) is 41.8 Å². The number of carbonyl (C=O) groups is 2. The second-order valence-corrected chi connectivity index (χ2v) is 7.91. The van der Waals surface area contributed by atoms with E-state index in [0.29, 0.717) is 15.6 Å². The molecule has 1 unspecified atom stereocenters. The van der Waals surface area contributed by atoms with Gasteiger partial charge in [-0.3, -0.25) is 14.5 Å². The first kappa shape index (κ1) is 20.0. The van der Waals surface area contributed by atoms with E-state index in [1.165, 1.54) is 41.5 Å². The molecule has 1 aromatic heterocycles. The number of ketones is 1. The highest BCUT2D eigenvalue weighted by atomic mass is 35.5. The molecule has 0 saturated carbocycles. The zero-order valence-electron chi connectivity index (χ0n) is 15.7. The number of aliphatic hydroxyl groups is 1. The zero-order chi connectivity index (χ0) is 21.4. The molecule has 1 aliphatic heterocycles. The Morgan fingerprint density at radius 2 is 1.90 bits per heavy atom. The summed E-state index contributed by atoms with van der Waals surface area (Å²) in [6.07, 6.45) is 0. The van der Waals surface area contributed by atoms with E-state index in [4.69, 9.17) is 16.3 Å². The second kappa shape index (κ2) is 7.85. The van der Waals surface area contributed by atoms with E-state index in [0.717, 1.165) is 0 Å². The molecule has 1 atom stereocenters. The van der Waals surface area contributed by atoms with E-state index in [-0.39, 0.29) is 28.3 Å². The zero-order valence-corrected chi connectivity index (χ0v) is 17.3. The van der Waals surface area contributed by atoms with E-state index in [1.807, 2.05) is 5.38 Å². The molecule has 1 aliphatic rings. The van der Waals surface area contributed by atoms with E-state index < -0.39 is 17.7 Å². The second-order valence-electron chi connectivity index (χ2n) is 6.52. The van der Waals surface area contributed by atoms with Crippen molar-refractivity contribution in [2.24, 2.45) is 0 Å². The lowest BCUT2D eigenvalue weighted by molar-refractivity contribution is -0.132. The minimum absolute atomic E-state index is 0.0740. The highest BCUT2D eigenvalue weighted by Crippen LogP contribution is 2.46. The minimum atomic E-state index is -0.889. The molecule has 8 heteroatoms. The maximum absolute atomic E-state index is 13.0. The number of methoxy groups -OCH3 is 1. The van der Waals surface area contributed by atoms with Crippen molar-refractivity contribution < 1.29 is 24.5 Å². The molecule has 152 valence electrons. The Morgan fingerprint density at radius 1 is 1.13 bits per heavy atom. The van der Waals surface area contributed by atoms with Crippen LogP contribution in [0.25, 0.3) is 5.76 Å². The SMILES string of the molecule is COc1cc(/C(O)=C2/C(=O)C(=O)N(c3ccccc3O)C2c2cccs2)ccc1Cl. The smallest absolute Gasteiger partial charge is 0.300 e. The maximum atomic E-state index is 13.0. The van der Waals surface area contributed by atoms with Crippen molar-refractivity contribution in [2.75, 3.05) is 12.0 Å². The lowest BCUT2D eigenvalue weighted by Crippen LogP contribution is -2.29. The van der Waals surface area contributed by atoms with Gasteiger partial charge in [0.2, 0.25) is 0 Å². The van der Waals surface area contributed by atoms with Crippen molar-refractivity contribution in [1.29, 1.82) is 0 Å².